The average Bonchev–Trinajstić information content (AvgIpc) is 3.06. The zero-order chi connectivity index (χ0) is 10.7. The minimum atomic E-state index is -0.217. The van der Waals surface area contributed by atoms with E-state index in [1.165, 1.54) is 12.8 Å². The fourth-order valence-corrected chi connectivity index (χ4v) is 2.41. The lowest BCUT2D eigenvalue weighted by Crippen LogP contribution is -2.45. The van der Waals surface area contributed by atoms with Crippen LogP contribution in [0.2, 0.25) is 0 Å². The van der Waals surface area contributed by atoms with Gasteiger partial charge in [0.2, 0.25) is 0 Å². The summed E-state index contributed by atoms with van der Waals surface area (Å²) in [7, 11) is 0. The van der Waals surface area contributed by atoms with Gasteiger partial charge in [-0.25, -0.2) is 0 Å². The molecule has 0 aromatic heterocycles. The van der Waals surface area contributed by atoms with Gasteiger partial charge in [-0.05, 0) is 45.2 Å². The molecule has 2 rings (SSSR count). The second-order valence-corrected chi connectivity index (χ2v) is 4.90. The standard InChI is InChI=1S/C12H21N3/c1-2-15-8-3-6-12(10-13,7-9-15)14-11-4-5-11/h11,14H,2-9H2,1H3. The highest BCUT2D eigenvalue weighted by Gasteiger charge is 2.37. The van der Waals surface area contributed by atoms with E-state index in [4.69, 9.17) is 0 Å². The van der Waals surface area contributed by atoms with Crippen molar-refractivity contribution < 1.29 is 0 Å². The van der Waals surface area contributed by atoms with E-state index < -0.39 is 0 Å². The van der Waals surface area contributed by atoms with Crippen LogP contribution in [0.25, 0.3) is 0 Å². The Morgan fingerprint density at radius 1 is 1.40 bits per heavy atom. The maximum absolute atomic E-state index is 9.37. The number of likely N-dealkylation sites (tertiary alicyclic amines) is 1. The Labute approximate surface area is 92.4 Å². The first kappa shape index (κ1) is 10.9. The molecule has 0 bridgehead atoms. The monoisotopic (exact) mass is 207 g/mol. The summed E-state index contributed by atoms with van der Waals surface area (Å²) in [5, 5.41) is 12.9. The number of nitrogens with zero attached hydrogens (tertiary/aromatic N) is 2. The van der Waals surface area contributed by atoms with Crippen LogP contribution in [0.4, 0.5) is 0 Å². The molecule has 84 valence electrons. The molecule has 1 unspecified atom stereocenters. The van der Waals surface area contributed by atoms with Gasteiger partial charge < -0.3 is 4.90 Å². The van der Waals surface area contributed by atoms with Crippen LogP contribution >= 0.6 is 0 Å². The minimum absolute atomic E-state index is 0.217. The summed E-state index contributed by atoms with van der Waals surface area (Å²) in [4.78, 5) is 2.45. The van der Waals surface area contributed by atoms with Crippen molar-refractivity contribution in [1.29, 1.82) is 5.26 Å². The summed E-state index contributed by atoms with van der Waals surface area (Å²) in [6.07, 6.45) is 5.70. The number of nitriles is 1. The summed E-state index contributed by atoms with van der Waals surface area (Å²) in [6.45, 7) is 5.55. The zero-order valence-electron chi connectivity index (χ0n) is 9.63. The average molecular weight is 207 g/mol. The molecule has 15 heavy (non-hydrogen) atoms. The fraction of sp³-hybridized carbons (Fsp3) is 0.917. The Hall–Kier alpha value is -0.590. The minimum Gasteiger partial charge on any atom is -0.304 e. The lowest BCUT2D eigenvalue weighted by Gasteiger charge is -2.26. The highest BCUT2D eigenvalue weighted by molar-refractivity contribution is 5.11. The molecule has 1 N–H and O–H groups in total. The maximum Gasteiger partial charge on any atom is 0.108 e. The van der Waals surface area contributed by atoms with E-state index in [1.54, 1.807) is 0 Å². The molecule has 0 spiro atoms. The Bertz CT molecular complexity index is 254. The van der Waals surface area contributed by atoms with Crippen molar-refractivity contribution in [1.82, 2.24) is 10.2 Å². The molecule has 0 aromatic carbocycles. The quantitative estimate of drug-likeness (QED) is 0.762. The van der Waals surface area contributed by atoms with Gasteiger partial charge in [-0.3, -0.25) is 5.32 Å². The van der Waals surface area contributed by atoms with Crippen LogP contribution in [0.1, 0.15) is 39.0 Å². The number of nitrogens with one attached hydrogen (secondary N) is 1. The molecule has 3 heteroatoms. The molecular weight excluding hydrogens is 186 g/mol. The molecule has 1 saturated carbocycles. The lowest BCUT2D eigenvalue weighted by atomic mass is 9.92. The summed E-state index contributed by atoms with van der Waals surface area (Å²) in [5.41, 5.74) is -0.217. The zero-order valence-corrected chi connectivity index (χ0v) is 9.63. The van der Waals surface area contributed by atoms with Crippen molar-refractivity contribution in [2.75, 3.05) is 19.6 Å². The summed E-state index contributed by atoms with van der Waals surface area (Å²) >= 11 is 0. The first-order valence-electron chi connectivity index (χ1n) is 6.19. The second kappa shape index (κ2) is 4.51. The third kappa shape index (κ3) is 2.70. The van der Waals surface area contributed by atoms with E-state index in [2.05, 4.69) is 23.2 Å². The van der Waals surface area contributed by atoms with E-state index in [1.807, 2.05) is 0 Å². The molecule has 2 aliphatic rings. The van der Waals surface area contributed by atoms with Gasteiger partial charge in [0.25, 0.3) is 0 Å². The molecule has 1 aliphatic heterocycles. The molecule has 0 radical (unpaired) electrons. The van der Waals surface area contributed by atoms with Gasteiger partial charge in [0.05, 0.1) is 6.07 Å². The maximum atomic E-state index is 9.37. The second-order valence-electron chi connectivity index (χ2n) is 4.90. The molecule has 1 aliphatic carbocycles. The summed E-state index contributed by atoms with van der Waals surface area (Å²) in [5.74, 6) is 0. The van der Waals surface area contributed by atoms with E-state index in [9.17, 15) is 5.26 Å². The van der Waals surface area contributed by atoms with E-state index in [0.29, 0.717) is 6.04 Å². The van der Waals surface area contributed by atoms with Gasteiger partial charge in [0.1, 0.15) is 5.54 Å². The Balaban J connectivity index is 1.96. The molecule has 3 nitrogen and oxygen atoms in total. The van der Waals surface area contributed by atoms with Crippen LogP contribution in [0, 0.1) is 11.3 Å². The summed E-state index contributed by atoms with van der Waals surface area (Å²) in [6, 6.07) is 3.17. The smallest absolute Gasteiger partial charge is 0.108 e. The van der Waals surface area contributed by atoms with E-state index >= 15 is 0 Å². The van der Waals surface area contributed by atoms with Gasteiger partial charge in [0.15, 0.2) is 0 Å². The molecular formula is C12H21N3. The van der Waals surface area contributed by atoms with Crippen LogP contribution in [-0.4, -0.2) is 36.1 Å². The van der Waals surface area contributed by atoms with Crippen molar-refractivity contribution in [3.8, 4) is 6.07 Å². The van der Waals surface area contributed by atoms with Crippen molar-refractivity contribution in [2.24, 2.45) is 0 Å². The van der Waals surface area contributed by atoms with Crippen LogP contribution < -0.4 is 5.32 Å². The molecule has 1 atom stereocenters. The Morgan fingerprint density at radius 2 is 2.20 bits per heavy atom. The number of hydrogen-bond donors (Lipinski definition) is 1. The third-order valence-corrected chi connectivity index (χ3v) is 3.65. The normalized spacial score (nSPS) is 33.3. The largest absolute Gasteiger partial charge is 0.304 e. The van der Waals surface area contributed by atoms with Crippen LogP contribution in [0.3, 0.4) is 0 Å². The molecule has 0 aromatic rings. The predicted molar refractivity (Wildman–Crippen MR) is 60.5 cm³/mol. The topological polar surface area (TPSA) is 39.1 Å². The number of rotatable bonds is 3. The molecule has 0 amide bonds. The molecule has 1 heterocycles. The molecule has 1 saturated heterocycles. The van der Waals surface area contributed by atoms with Gasteiger partial charge in [0, 0.05) is 12.6 Å². The van der Waals surface area contributed by atoms with Crippen LogP contribution in [0.5, 0.6) is 0 Å². The SMILES string of the molecule is CCN1CCCC(C#N)(NC2CC2)CC1. The molecule has 2 fully saturated rings. The van der Waals surface area contributed by atoms with E-state index in [0.717, 1.165) is 38.9 Å². The predicted octanol–water partition coefficient (Wildman–Crippen LogP) is 1.51. The van der Waals surface area contributed by atoms with Crippen LogP contribution in [0.15, 0.2) is 0 Å². The Kier molecular flexibility index (Phi) is 3.28. The number of hydrogen-bond acceptors (Lipinski definition) is 3. The van der Waals surface area contributed by atoms with E-state index in [-0.39, 0.29) is 5.54 Å². The third-order valence-electron chi connectivity index (χ3n) is 3.65. The van der Waals surface area contributed by atoms with Gasteiger partial charge in [-0.1, -0.05) is 6.92 Å². The van der Waals surface area contributed by atoms with Gasteiger partial charge in [-0.2, -0.15) is 5.26 Å². The summed E-state index contributed by atoms with van der Waals surface area (Å²) < 4.78 is 0. The van der Waals surface area contributed by atoms with Crippen molar-refractivity contribution >= 4 is 0 Å². The fourth-order valence-electron chi connectivity index (χ4n) is 2.41. The first-order valence-corrected chi connectivity index (χ1v) is 6.19. The van der Waals surface area contributed by atoms with Crippen molar-refractivity contribution in [3.05, 3.63) is 0 Å². The van der Waals surface area contributed by atoms with Gasteiger partial charge in [-0.15, -0.1) is 0 Å². The lowest BCUT2D eigenvalue weighted by molar-refractivity contribution is 0.288. The van der Waals surface area contributed by atoms with Crippen molar-refractivity contribution in [2.45, 2.75) is 50.6 Å². The first-order chi connectivity index (χ1) is 7.28. The van der Waals surface area contributed by atoms with Gasteiger partial charge >= 0.3 is 0 Å². The highest BCUT2D eigenvalue weighted by Crippen LogP contribution is 2.28. The highest BCUT2D eigenvalue weighted by atomic mass is 15.1. The van der Waals surface area contributed by atoms with Crippen LogP contribution in [-0.2, 0) is 0 Å². The van der Waals surface area contributed by atoms with Crippen molar-refractivity contribution in [3.63, 3.8) is 0 Å². The Morgan fingerprint density at radius 3 is 2.80 bits per heavy atom.